The summed E-state index contributed by atoms with van der Waals surface area (Å²) in [7, 11) is 1.53. The standard InChI is InChI=1S/C22H25NO4/c1-5-23-22(25)14-27-20-11-9-17(13-21(20)26-4)8-10-19(24)18-12-15(2)6-7-16(18)3/h6-13H,5,14H2,1-4H3,(H,23,25)/b10-8+. The second-order valence-corrected chi connectivity index (χ2v) is 6.17. The van der Waals surface area contributed by atoms with Gasteiger partial charge in [-0.05, 0) is 56.2 Å². The highest BCUT2D eigenvalue weighted by Gasteiger charge is 2.09. The molecule has 0 heterocycles. The molecule has 2 aromatic carbocycles. The largest absolute Gasteiger partial charge is 0.493 e. The number of methoxy groups -OCH3 is 1. The van der Waals surface area contributed by atoms with Crippen LogP contribution < -0.4 is 14.8 Å². The molecule has 0 saturated carbocycles. The van der Waals surface area contributed by atoms with E-state index in [-0.39, 0.29) is 18.3 Å². The van der Waals surface area contributed by atoms with Gasteiger partial charge in [-0.1, -0.05) is 29.8 Å². The van der Waals surface area contributed by atoms with Crippen LogP contribution in [0.3, 0.4) is 0 Å². The minimum Gasteiger partial charge on any atom is -0.493 e. The molecule has 0 spiro atoms. The molecule has 0 aliphatic heterocycles. The monoisotopic (exact) mass is 367 g/mol. The number of aryl methyl sites for hydroxylation is 2. The lowest BCUT2D eigenvalue weighted by molar-refractivity contribution is -0.123. The van der Waals surface area contributed by atoms with Crippen LogP contribution in [-0.4, -0.2) is 32.0 Å². The van der Waals surface area contributed by atoms with Crippen LogP contribution >= 0.6 is 0 Å². The van der Waals surface area contributed by atoms with Crippen molar-refractivity contribution in [2.45, 2.75) is 20.8 Å². The van der Waals surface area contributed by atoms with Crippen molar-refractivity contribution in [3.63, 3.8) is 0 Å². The fourth-order valence-electron chi connectivity index (χ4n) is 2.56. The van der Waals surface area contributed by atoms with E-state index in [1.54, 1.807) is 24.3 Å². The third-order valence-electron chi connectivity index (χ3n) is 4.01. The summed E-state index contributed by atoms with van der Waals surface area (Å²) in [4.78, 5) is 24.0. The second-order valence-electron chi connectivity index (χ2n) is 6.17. The van der Waals surface area contributed by atoms with Gasteiger partial charge in [-0.15, -0.1) is 0 Å². The van der Waals surface area contributed by atoms with Gasteiger partial charge in [-0.25, -0.2) is 0 Å². The molecule has 0 aromatic heterocycles. The maximum Gasteiger partial charge on any atom is 0.257 e. The first-order chi connectivity index (χ1) is 12.9. The van der Waals surface area contributed by atoms with E-state index in [0.717, 1.165) is 16.7 Å². The maximum atomic E-state index is 12.5. The summed E-state index contributed by atoms with van der Waals surface area (Å²) >= 11 is 0. The van der Waals surface area contributed by atoms with Gasteiger partial charge in [0.15, 0.2) is 23.9 Å². The van der Waals surface area contributed by atoms with Gasteiger partial charge in [0.25, 0.3) is 5.91 Å². The molecule has 0 aliphatic carbocycles. The van der Waals surface area contributed by atoms with Crippen LogP contribution in [0.2, 0.25) is 0 Å². The number of hydrogen-bond acceptors (Lipinski definition) is 4. The van der Waals surface area contributed by atoms with Gasteiger partial charge in [0.1, 0.15) is 0 Å². The summed E-state index contributed by atoms with van der Waals surface area (Å²) in [6.07, 6.45) is 3.28. The fourth-order valence-corrected chi connectivity index (χ4v) is 2.56. The SMILES string of the molecule is CCNC(=O)COc1ccc(/C=C/C(=O)c2cc(C)ccc2C)cc1OC. The molecule has 2 rings (SSSR count). The first-order valence-electron chi connectivity index (χ1n) is 8.81. The lowest BCUT2D eigenvalue weighted by Crippen LogP contribution is -2.28. The van der Waals surface area contributed by atoms with Crippen molar-refractivity contribution in [3.8, 4) is 11.5 Å². The molecule has 1 amide bonds. The molecular weight excluding hydrogens is 342 g/mol. The van der Waals surface area contributed by atoms with Crippen molar-refractivity contribution in [2.75, 3.05) is 20.3 Å². The molecule has 0 saturated heterocycles. The lowest BCUT2D eigenvalue weighted by atomic mass is 10.0. The number of hydrogen-bond donors (Lipinski definition) is 1. The molecular formula is C22H25NO4. The Labute approximate surface area is 160 Å². The summed E-state index contributed by atoms with van der Waals surface area (Å²) < 4.78 is 10.8. The topological polar surface area (TPSA) is 64.6 Å². The van der Waals surface area contributed by atoms with Gasteiger partial charge in [0.05, 0.1) is 7.11 Å². The van der Waals surface area contributed by atoms with Crippen molar-refractivity contribution in [2.24, 2.45) is 0 Å². The van der Waals surface area contributed by atoms with Gasteiger partial charge in [-0.3, -0.25) is 9.59 Å². The Balaban J connectivity index is 2.12. The molecule has 5 nitrogen and oxygen atoms in total. The Morgan fingerprint density at radius 3 is 2.56 bits per heavy atom. The normalized spacial score (nSPS) is 10.7. The van der Waals surface area contributed by atoms with Crippen molar-refractivity contribution in [1.29, 1.82) is 0 Å². The Bertz CT molecular complexity index is 855. The molecule has 27 heavy (non-hydrogen) atoms. The predicted octanol–water partition coefficient (Wildman–Crippen LogP) is 3.72. The number of allylic oxidation sites excluding steroid dienone is 1. The van der Waals surface area contributed by atoms with Gasteiger partial charge in [0, 0.05) is 12.1 Å². The number of carbonyl (C=O) groups is 2. The van der Waals surface area contributed by atoms with Crippen LogP contribution in [0.25, 0.3) is 6.08 Å². The minimum atomic E-state index is -0.192. The van der Waals surface area contributed by atoms with E-state index in [1.807, 2.05) is 45.0 Å². The van der Waals surface area contributed by atoms with E-state index in [2.05, 4.69) is 5.32 Å². The maximum absolute atomic E-state index is 12.5. The zero-order chi connectivity index (χ0) is 19.8. The number of likely N-dealkylation sites (N-methyl/N-ethyl adjacent to an activating group) is 1. The molecule has 0 bridgehead atoms. The summed E-state index contributed by atoms with van der Waals surface area (Å²) in [6, 6.07) is 11.1. The van der Waals surface area contributed by atoms with Crippen LogP contribution in [0, 0.1) is 13.8 Å². The van der Waals surface area contributed by atoms with Gasteiger partial charge in [0.2, 0.25) is 0 Å². The lowest BCUT2D eigenvalue weighted by Gasteiger charge is -2.11. The van der Waals surface area contributed by atoms with Crippen LogP contribution in [0.15, 0.2) is 42.5 Å². The Kier molecular flexibility index (Phi) is 7.17. The summed E-state index contributed by atoms with van der Waals surface area (Å²) in [5, 5.41) is 2.67. The average molecular weight is 367 g/mol. The molecule has 0 aliphatic rings. The Morgan fingerprint density at radius 1 is 1.07 bits per heavy atom. The number of benzene rings is 2. The zero-order valence-corrected chi connectivity index (χ0v) is 16.2. The predicted molar refractivity (Wildman–Crippen MR) is 106 cm³/mol. The molecule has 0 atom stereocenters. The van der Waals surface area contributed by atoms with Crippen molar-refractivity contribution in [3.05, 3.63) is 64.7 Å². The molecule has 0 fully saturated rings. The Morgan fingerprint density at radius 2 is 1.85 bits per heavy atom. The highest BCUT2D eigenvalue weighted by atomic mass is 16.5. The highest BCUT2D eigenvalue weighted by molar-refractivity contribution is 6.07. The van der Waals surface area contributed by atoms with E-state index >= 15 is 0 Å². The van der Waals surface area contributed by atoms with E-state index in [0.29, 0.717) is 23.6 Å². The van der Waals surface area contributed by atoms with Crippen LogP contribution in [0.1, 0.15) is 34.0 Å². The average Bonchev–Trinajstić information content (AvgIpc) is 2.66. The Hall–Kier alpha value is -3.08. The van der Waals surface area contributed by atoms with Crippen molar-refractivity contribution in [1.82, 2.24) is 5.32 Å². The van der Waals surface area contributed by atoms with E-state index < -0.39 is 0 Å². The number of carbonyl (C=O) groups excluding carboxylic acids is 2. The number of nitrogens with one attached hydrogen (secondary N) is 1. The molecule has 5 heteroatoms. The third-order valence-corrected chi connectivity index (χ3v) is 4.01. The van der Waals surface area contributed by atoms with E-state index in [1.165, 1.54) is 7.11 Å². The summed E-state index contributed by atoms with van der Waals surface area (Å²) in [5.41, 5.74) is 3.49. The van der Waals surface area contributed by atoms with Crippen LogP contribution in [0.5, 0.6) is 11.5 Å². The summed E-state index contributed by atoms with van der Waals surface area (Å²) in [6.45, 7) is 6.20. The molecule has 2 aromatic rings. The van der Waals surface area contributed by atoms with Crippen molar-refractivity contribution >= 4 is 17.8 Å². The van der Waals surface area contributed by atoms with Crippen LogP contribution in [0.4, 0.5) is 0 Å². The first kappa shape index (κ1) is 20.2. The van der Waals surface area contributed by atoms with Gasteiger partial charge >= 0.3 is 0 Å². The smallest absolute Gasteiger partial charge is 0.257 e. The quantitative estimate of drug-likeness (QED) is 0.570. The number of ether oxygens (including phenoxy) is 2. The number of ketones is 1. The highest BCUT2D eigenvalue weighted by Crippen LogP contribution is 2.28. The fraction of sp³-hybridized carbons (Fsp3) is 0.273. The van der Waals surface area contributed by atoms with E-state index in [4.69, 9.17) is 9.47 Å². The van der Waals surface area contributed by atoms with Gasteiger partial charge < -0.3 is 14.8 Å². The molecule has 142 valence electrons. The summed E-state index contributed by atoms with van der Waals surface area (Å²) in [5.74, 6) is 0.733. The molecule has 1 N–H and O–H groups in total. The number of amides is 1. The van der Waals surface area contributed by atoms with Crippen LogP contribution in [-0.2, 0) is 4.79 Å². The first-order valence-corrected chi connectivity index (χ1v) is 8.81. The van der Waals surface area contributed by atoms with Gasteiger partial charge in [-0.2, -0.15) is 0 Å². The third kappa shape index (κ3) is 5.71. The zero-order valence-electron chi connectivity index (χ0n) is 16.2. The van der Waals surface area contributed by atoms with Crippen molar-refractivity contribution < 1.29 is 19.1 Å². The second kappa shape index (κ2) is 9.57. The molecule has 0 unspecified atom stereocenters. The van der Waals surface area contributed by atoms with E-state index in [9.17, 15) is 9.59 Å². The minimum absolute atomic E-state index is 0.0493. The molecule has 0 radical (unpaired) electrons. The number of rotatable bonds is 8.